The van der Waals surface area contributed by atoms with E-state index in [2.05, 4.69) is 4.90 Å². The number of nitro groups is 1. The standard InChI is InChI=1S/C21H21N3O6/c25-19(16-7-4-12-30-16)17-18(14-5-3-6-15(13-14)24(28)29)23(21(27)20(17)26)11-10-22-8-1-2-9-22/h3-7,12-13,18,26H,1-2,8-11H2. The molecule has 2 aliphatic rings. The number of aliphatic hydroxyl groups excluding tert-OH is 1. The van der Waals surface area contributed by atoms with Crippen molar-refractivity contribution in [2.45, 2.75) is 18.9 Å². The number of furan rings is 1. The Morgan fingerprint density at radius 3 is 2.63 bits per heavy atom. The molecule has 1 fully saturated rings. The molecule has 1 atom stereocenters. The summed E-state index contributed by atoms with van der Waals surface area (Å²) in [6.45, 7) is 2.74. The molecule has 0 aliphatic carbocycles. The lowest BCUT2D eigenvalue weighted by Crippen LogP contribution is -2.37. The Morgan fingerprint density at radius 2 is 1.97 bits per heavy atom. The van der Waals surface area contributed by atoms with Gasteiger partial charge in [0.1, 0.15) is 0 Å². The van der Waals surface area contributed by atoms with Gasteiger partial charge in [0.15, 0.2) is 11.5 Å². The summed E-state index contributed by atoms with van der Waals surface area (Å²) >= 11 is 0. The predicted octanol–water partition coefficient (Wildman–Crippen LogP) is 2.86. The average molecular weight is 411 g/mol. The molecule has 2 aromatic rings. The van der Waals surface area contributed by atoms with E-state index in [4.69, 9.17) is 4.42 Å². The number of hydrogen-bond donors (Lipinski definition) is 1. The summed E-state index contributed by atoms with van der Waals surface area (Å²) in [4.78, 5) is 40.3. The van der Waals surface area contributed by atoms with Crippen molar-refractivity contribution in [1.29, 1.82) is 0 Å². The van der Waals surface area contributed by atoms with E-state index in [0.717, 1.165) is 25.9 Å². The molecule has 156 valence electrons. The normalized spacial score (nSPS) is 19.7. The van der Waals surface area contributed by atoms with Crippen LogP contribution in [-0.2, 0) is 4.79 Å². The highest BCUT2D eigenvalue weighted by Gasteiger charge is 2.44. The third-order valence-corrected chi connectivity index (χ3v) is 5.55. The number of likely N-dealkylation sites (tertiary alicyclic amines) is 1. The number of carbonyl (C=O) groups excluding carboxylic acids is 2. The SMILES string of the molecule is O=C(C1=C(O)C(=O)N(CCN2CCCC2)C1c1cccc([N+](=O)[O-])c1)c1ccco1. The number of amides is 1. The molecule has 9 nitrogen and oxygen atoms in total. The fourth-order valence-corrected chi connectivity index (χ4v) is 4.07. The second-order valence-electron chi connectivity index (χ2n) is 7.37. The minimum Gasteiger partial charge on any atom is -0.503 e. The van der Waals surface area contributed by atoms with E-state index in [1.165, 1.54) is 41.5 Å². The fraction of sp³-hybridized carbons (Fsp3) is 0.333. The minimum atomic E-state index is -0.933. The topological polar surface area (TPSA) is 117 Å². The zero-order valence-corrected chi connectivity index (χ0v) is 16.2. The van der Waals surface area contributed by atoms with Gasteiger partial charge >= 0.3 is 0 Å². The first-order valence-electron chi connectivity index (χ1n) is 9.76. The molecule has 1 amide bonds. The number of nitro benzene ring substituents is 1. The van der Waals surface area contributed by atoms with Crippen molar-refractivity contribution in [2.24, 2.45) is 0 Å². The van der Waals surface area contributed by atoms with E-state index in [1.807, 2.05) is 0 Å². The number of aliphatic hydroxyl groups is 1. The quantitative estimate of drug-likeness (QED) is 0.423. The van der Waals surface area contributed by atoms with E-state index in [9.17, 15) is 24.8 Å². The molecule has 0 saturated carbocycles. The first-order chi connectivity index (χ1) is 14.5. The number of Topliss-reactive ketones (excluding diaryl/α,β-unsaturated/α-hetero) is 1. The third-order valence-electron chi connectivity index (χ3n) is 5.55. The van der Waals surface area contributed by atoms with Gasteiger partial charge in [-0.15, -0.1) is 0 Å². The molecule has 1 saturated heterocycles. The van der Waals surface area contributed by atoms with Gasteiger partial charge in [-0.3, -0.25) is 19.7 Å². The molecular weight excluding hydrogens is 390 g/mol. The molecule has 1 N–H and O–H groups in total. The molecule has 30 heavy (non-hydrogen) atoms. The highest BCUT2D eigenvalue weighted by Crippen LogP contribution is 2.39. The van der Waals surface area contributed by atoms with E-state index in [0.29, 0.717) is 12.1 Å². The maximum absolute atomic E-state index is 13.0. The van der Waals surface area contributed by atoms with Crippen molar-refractivity contribution in [1.82, 2.24) is 9.80 Å². The van der Waals surface area contributed by atoms with E-state index < -0.39 is 28.4 Å². The highest BCUT2D eigenvalue weighted by molar-refractivity contribution is 6.15. The number of rotatable bonds is 7. The molecule has 2 aliphatic heterocycles. The van der Waals surface area contributed by atoms with Crippen LogP contribution in [0.5, 0.6) is 0 Å². The van der Waals surface area contributed by atoms with Gasteiger partial charge in [-0.1, -0.05) is 12.1 Å². The summed E-state index contributed by atoms with van der Waals surface area (Å²) < 4.78 is 5.17. The van der Waals surface area contributed by atoms with Crippen LogP contribution in [0.1, 0.15) is 35.0 Å². The molecule has 0 radical (unpaired) electrons. The van der Waals surface area contributed by atoms with Crippen LogP contribution in [0.4, 0.5) is 5.69 Å². The molecule has 4 rings (SSSR count). The summed E-state index contributed by atoms with van der Waals surface area (Å²) in [5.41, 5.74) is 0.102. The Bertz CT molecular complexity index is 1010. The summed E-state index contributed by atoms with van der Waals surface area (Å²) in [7, 11) is 0. The van der Waals surface area contributed by atoms with Crippen LogP contribution in [0.25, 0.3) is 0 Å². The van der Waals surface area contributed by atoms with Gasteiger partial charge in [0.05, 0.1) is 22.8 Å². The fourth-order valence-electron chi connectivity index (χ4n) is 4.07. The predicted molar refractivity (Wildman–Crippen MR) is 106 cm³/mol. The largest absolute Gasteiger partial charge is 0.503 e. The van der Waals surface area contributed by atoms with Gasteiger partial charge in [-0.25, -0.2) is 0 Å². The third kappa shape index (κ3) is 3.59. The van der Waals surface area contributed by atoms with Gasteiger partial charge in [-0.05, 0) is 43.6 Å². The number of ketones is 1. The summed E-state index contributed by atoms with van der Waals surface area (Å²) in [6.07, 6.45) is 3.51. The second kappa shape index (κ2) is 8.11. The van der Waals surface area contributed by atoms with Gasteiger partial charge < -0.3 is 19.3 Å². The first-order valence-corrected chi connectivity index (χ1v) is 9.76. The lowest BCUT2D eigenvalue weighted by atomic mass is 9.94. The Hall–Kier alpha value is -3.46. The monoisotopic (exact) mass is 411 g/mol. The van der Waals surface area contributed by atoms with E-state index in [-0.39, 0.29) is 23.6 Å². The van der Waals surface area contributed by atoms with Crippen LogP contribution >= 0.6 is 0 Å². The minimum absolute atomic E-state index is 0.0128. The highest BCUT2D eigenvalue weighted by atomic mass is 16.6. The van der Waals surface area contributed by atoms with Gasteiger partial charge in [-0.2, -0.15) is 0 Å². The van der Waals surface area contributed by atoms with Gasteiger partial charge in [0.25, 0.3) is 11.6 Å². The maximum atomic E-state index is 13.0. The number of non-ortho nitro benzene ring substituents is 1. The van der Waals surface area contributed by atoms with Crippen LogP contribution in [0.2, 0.25) is 0 Å². The van der Waals surface area contributed by atoms with Crippen molar-refractivity contribution >= 4 is 17.4 Å². The van der Waals surface area contributed by atoms with Crippen LogP contribution in [0, 0.1) is 10.1 Å². The second-order valence-corrected chi connectivity index (χ2v) is 7.37. The molecule has 3 heterocycles. The summed E-state index contributed by atoms with van der Waals surface area (Å²) in [5, 5.41) is 21.8. The number of benzene rings is 1. The van der Waals surface area contributed by atoms with Crippen molar-refractivity contribution < 1.29 is 24.0 Å². The Kier molecular flexibility index (Phi) is 5.37. The smallest absolute Gasteiger partial charge is 0.290 e. The number of carbonyl (C=O) groups is 2. The Morgan fingerprint density at radius 1 is 1.20 bits per heavy atom. The molecule has 0 bridgehead atoms. The van der Waals surface area contributed by atoms with Crippen LogP contribution < -0.4 is 0 Å². The van der Waals surface area contributed by atoms with Crippen molar-refractivity contribution in [3.63, 3.8) is 0 Å². The molecule has 9 heteroatoms. The van der Waals surface area contributed by atoms with Gasteiger partial charge in [0.2, 0.25) is 5.78 Å². The maximum Gasteiger partial charge on any atom is 0.290 e. The first kappa shape index (κ1) is 19.8. The Labute approximate surface area is 172 Å². The lowest BCUT2D eigenvalue weighted by molar-refractivity contribution is -0.384. The Balaban J connectivity index is 1.73. The molecule has 1 aromatic heterocycles. The zero-order chi connectivity index (χ0) is 21.3. The van der Waals surface area contributed by atoms with E-state index >= 15 is 0 Å². The van der Waals surface area contributed by atoms with Crippen LogP contribution in [0.3, 0.4) is 0 Å². The van der Waals surface area contributed by atoms with Crippen molar-refractivity contribution in [3.05, 3.63) is 75.4 Å². The number of hydrogen-bond acceptors (Lipinski definition) is 7. The average Bonchev–Trinajstić information content (AvgIpc) is 3.49. The van der Waals surface area contributed by atoms with Gasteiger partial charge in [0, 0.05) is 25.2 Å². The van der Waals surface area contributed by atoms with E-state index in [1.54, 1.807) is 6.07 Å². The zero-order valence-electron chi connectivity index (χ0n) is 16.2. The van der Waals surface area contributed by atoms with Crippen LogP contribution in [-0.4, -0.2) is 57.7 Å². The molecule has 1 unspecified atom stereocenters. The molecule has 1 aromatic carbocycles. The molecule has 0 spiro atoms. The lowest BCUT2D eigenvalue weighted by Gasteiger charge is -2.28. The molecular formula is C21H21N3O6. The van der Waals surface area contributed by atoms with Crippen molar-refractivity contribution in [2.75, 3.05) is 26.2 Å². The summed E-state index contributed by atoms with van der Waals surface area (Å²) in [5.74, 6) is -1.94. The summed E-state index contributed by atoms with van der Waals surface area (Å²) in [6, 6.07) is 7.83. The van der Waals surface area contributed by atoms with Crippen molar-refractivity contribution in [3.8, 4) is 0 Å². The number of nitrogens with zero attached hydrogens (tertiary/aromatic N) is 3. The van der Waals surface area contributed by atoms with Crippen LogP contribution in [0.15, 0.2) is 58.4 Å².